The van der Waals surface area contributed by atoms with Crippen LogP contribution < -0.4 is 0 Å². The molecule has 2 aromatic rings. The third-order valence-corrected chi connectivity index (χ3v) is 4.92. The van der Waals surface area contributed by atoms with Crippen molar-refractivity contribution in [2.45, 2.75) is 50.8 Å². The zero-order valence-corrected chi connectivity index (χ0v) is 17.3. The summed E-state index contributed by atoms with van der Waals surface area (Å²) in [4.78, 5) is 12.3. The minimum atomic E-state index is -0.442. The Morgan fingerprint density at radius 1 is 1.10 bits per heavy atom. The number of rotatable bonds is 11. The Labute approximate surface area is 178 Å². The van der Waals surface area contributed by atoms with Gasteiger partial charge < -0.3 is 18.9 Å². The lowest BCUT2D eigenvalue weighted by Crippen LogP contribution is -2.43. The lowest BCUT2D eigenvalue weighted by molar-refractivity contribution is -0.263. The number of carbonyl (C=O) groups excluding carboxylic acids is 1. The SMILES string of the molecule is C=CCC[C@H]1O[C@@H](c2ccccc2)OC[C@@H]1OC(=O)CCCOCc1ccccc1. The molecule has 3 atom stereocenters. The molecule has 0 N–H and O–H groups in total. The van der Waals surface area contributed by atoms with Gasteiger partial charge in [-0.15, -0.1) is 6.58 Å². The summed E-state index contributed by atoms with van der Waals surface area (Å²) in [5.41, 5.74) is 2.08. The van der Waals surface area contributed by atoms with E-state index >= 15 is 0 Å². The fraction of sp³-hybridized carbons (Fsp3) is 0.400. The van der Waals surface area contributed by atoms with E-state index in [0.29, 0.717) is 32.7 Å². The number of esters is 1. The van der Waals surface area contributed by atoms with Crippen LogP contribution >= 0.6 is 0 Å². The van der Waals surface area contributed by atoms with Gasteiger partial charge in [0, 0.05) is 18.6 Å². The highest BCUT2D eigenvalue weighted by atomic mass is 16.7. The van der Waals surface area contributed by atoms with Crippen molar-refractivity contribution >= 4 is 5.97 Å². The predicted octanol–water partition coefficient (Wildman–Crippen LogP) is 4.98. The first-order chi connectivity index (χ1) is 14.8. The van der Waals surface area contributed by atoms with Gasteiger partial charge in [-0.1, -0.05) is 66.7 Å². The van der Waals surface area contributed by atoms with Crippen molar-refractivity contribution in [1.29, 1.82) is 0 Å². The molecule has 1 heterocycles. The minimum Gasteiger partial charge on any atom is -0.457 e. The van der Waals surface area contributed by atoms with E-state index < -0.39 is 12.4 Å². The number of allylic oxidation sites excluding steroid dienone is 1. The van der Waals surface area contributed by atoms with Gasteiger partial charge in [0.1, 0.15) is 6.10 Å². The van der Waals surface area contributed by atoms with Gasteiger partial charge in [0.15, 0.2) is 12.4 Å². The second-order valence-corrected chi connectivity index (χ2v) is 7.29. The smallest absolute Gasteiger partial charge is 0.306 e. The molecule has 2 aromatic carbocycles. The van der Waals surface area contributed by atoms with Crippen LogP contribution in [0.4, 0.5) is 0 Å². The van der Waals surface area contributed by atoms with Crippen molar-refractivity contribution in [2.75, 3.05) is 13.2 Å². The van der Waals surface area contributed by atoms with E-state index in [1.807, 2.05) is 66.7 Å². The Morgan fingerprint density at radius 3 is 2.57 bits per heavy atom. The van der Waals surface area contributed by atoms with Crippen molar-refractivity contribution < 1.29 is 23.7 Å². The van der Waals surface area contributed by atoms with Crippen molar-refractivity contribution in [2.24, 2.45) is 0 Å². The average Bonchev–Trinajstić information content (AvgIpc) is 2.79. The molecule has 0 aromatic heterocycles. The lowest BCUT2D eigenvalue weighted by atomic mass is 10.1. The molecule has 5 heteroatoms. The summed E-state index contributed by atoms with van der Waals surface area (Å²) in [6, 6.07) is 19.8. The number of carbonyl (C=O) groups is 1. The highest BCUT2D eigenvalue weighted by molar-refractivity contribution is 5.69. The molecule has 1 fully saturated rings. The maximum atomic E-state index is 12.3. The van der Waals surface area contributed by atoms with Crippen LogP contribution in [0.1, 0.15) is 43.1 Å². The first-order valence-electron chi connectivity index (χ1n) is 10.5. The number of hydrogen-bond acceptors (Lipinski definition) is 5. The quantitative estimate of drug-likeness (QED) is 0.297. The molecular formula is C25H30O5. The summed E-state index contributed by atoms with van der Waals surface area (Å²) < 4.78 is 23.2. The van der Waals surface area contributed by atoms with Crippen molar-refractivity contribution in [1.82, 2.24) is 0 Å². The third kappa shape index (κ3) is 7.10. The van der Waals surface area contributed by atoms with Gasteiger partial charge in [0.2, 0.25) is 0 Å². The Kier molecular flexibility index (Phi) is 9.09. The Balaban J connectivity index is 1.41. The second-order valence-electron chi connectivity index (χ2n) is 7.29. The maximum absolute atomic E-state index is 12.3. The number of hydrogen-bond donors (Lipinski definition) is 0. The van der Waals surface area contributed by atoms with Gasteiger partial charge in [0.05, 0.1) is 13.2 Å². The van der Waals surface area contributed by atoms with Crippen molar-refractivity contribution in [3.05, 3.63) is 84.4 Å². The normalized spacial score (nSPS) is 21.1. The molecule has 0 spiro atoms. The standard InChI is InChI=1S/C25H30O5/c1-2-3-15-22-23(19-28-25(30-22)21-13-8-5-9-14-21)29-24(26)16-10-17-27-18-20-11-6-4-7-12-20/h2,4-9,11-14,22-23,25H,1,3,10,15-19H2/t22-,23+,25+/m1/s1. The molecule has 0 unspecified atom stereocenters. The average molecular weight is 411 g/mol. The predicted molar refractivity (Wildman–Crippen MR) is 115 cm³/mol. The second kappa shape index (κ2) is 12.3. The molecule has 30 heavy (non-hydrogen) atoms. The highest BCUT2D eigenvalue weighted by Gasteiger charge is 2.34. The highest BCUT2D eigenvalue weighted by Crippen LogP contribution is 2.30. The molecule has 1 saturated heterocycles. The van der Waals surface area contributed by atoms with Crippen LogP contribution in [-0.2, 0) is 30.3 Å². The topological polar surface area (TPSA) is 54.0 Å². The summed E-state index contributed by atoms with van der Waals surface area (Å²) in [7, 11) is 0. The van der Waals surface area contributed by atoms with E-state index in [2.05, 4.69) is 6.58 Å². The van der Waals surface area contributed by atoms with Crippen LogP contribution in [0.2, 0.25) is 0 Å². The Hall–Kier alpha value is -2.47. The molecule has 0 amide bonds. The largest absolute Gasteiger partial charge is 0.457 e. The van der Waals surface area contributed by atoms with Crippen LogP contribution in [0.3, 0.4) is 0 Å². The first-order valence-corrected chi connectivity index (χ1v) is 10.5. The van der Waals surface area contributed by atoms with Gasteiger partial charge in [-0.2, -0.15) is 0 Å². The molecule has 0 saturated carbocycles. The van der Waals surface area contributed by atoms with E-state index in [9.17, 15) is 4.79 Å². The fourth-order valence-corrected chi connectivity index (χ4v) is 3.32. The van der Waals surface area contributed by atoms with Crippen molar-refractivity contribution in [3.63, 3.8) is 0 Å². The molecule has 3 rings (SSSR count). The summed E-state index contributed by atoms with van der Waals surface area (Å²) in [6.45, 7) is 5.15. The molecule has 0 radical (unpaired) electrons. The van der Waals surface area contributed by atoms with E-state index in [1.54, 1.807) is 0 Å². The lowest BCUT2D eigenvalue weighted by Gasteiger charge is -2.36. The fourth-order valence-electron chi connectivity index (χ4n) is 3.32. The summed E-state index contributed by atoms with van der Waals surface area (Å²) >= 11 is 0. The van der Waals surface area contributed by atoms with Crippen LogP contribution in [0.25, 0.3) is 0 Å². The van der Waals surface area contributed by atoms with Gasteiger partial charge in [0.25, 0.3) is 0 Å². The molecule has 0 aliphatic carbocycles. The van der Waals surface area contributed by atoms with Gasteiger partial charge in [-0.3, -0.25) is 4.79 Å². The van der Waals surface area contributed by atoms with E-state index in [-0.39, 0.29) is 12.1 Å². The van der Waals surface area contributed by atoms with Gasteiger partial charge in [-0.05, 0) is 24.8 Å². The Bertz CT molecular complexity index is 762. The molecule has 0 bridgehead atoms. The van der Waals surface area contributed by atoms with E-state index in [4.69, 9.17) is 18.9 Å². The zero-order valence-electron chi connectivity index (χ0n) is 17.3. The molecule has 1 aliphatic rings. The minimum absolute atomic E-state index is 0.222. The monoisotopic (exact) mass is 410 g/mol. The van der Waals surface area contributed by atoms with Gasteiger partial charge >= 0.3 is 5.97 Å². The number of ether oxygens (including phenoxy) is 4. The first kappa shape index (κ1) is 22.2. The molecule has 1 aliphatic heterocycles. The summed E-state index contributed by atoms with van der Waals surface area (Å²) in [5, 5.41) is 0. The summed E-state index contributed by atoms with van der Waals surface area (Å²) in [6.07, 6.45) is 3.21. The van der Waals surface area contributed by atoms with E-state index in [1.165, 1.54) is 0 Å². The molecule has 160 valence electrons. The van der Waals surface area contributed by atoms with Crippen LogP contribution in [0, 0.1) is 0 Å². The maximum Gasteiger partial charge on any atom is 0.306 e. The van der Waals surface area contributed by atoms with Crippen LogP contribution in [0.15, 0.2) is 73.3 Å². The number of benzene rings is 2. The van der Waals surface area contributed by atoms with Crippen LogP contribution in [0.5, 0.6) is 0 Å². The molecular weight excluding hydrogens is 380 g/mol. The van der Waals surface area contributed by atoms with Crippen molar-refractivity contribution in [3.8, 4) is 0 Å². The third-order valence-electron chi connectivity index (χ3n) is 4.92. The van der Waals surface area contributed by atoms with Gasteiger partial charge in [-0.25, -0.2) is 0 Å². The van der Waals surface area contributed by atoms with E-state index in [0.717, 1.165) is 24.0 Å². The summed E-state index contributed by atoms with van der Waals surface area (Å²) in [5.74, 6) is -0.253. The molecule has 5 nitrogen and oxygen atoms in total. The zero-order chi connectivity index (χ0) is 21.0. The Morgan fingerprint density at radius 2 is 1.83 bits per heavy atom. The van der Waals surface area contributed by atoms with Crippen LogP contribution in [-0.4, -0.2) is 31.4 Å².